The van der Waals surface area contributed by atoms with Gasteiger partial charge in [0, 0.05) is 17.6 Å². The predicted molar refractivity (Wildman–Crippen MR) is 81.1 cm³/mol. The number of carboxylic acid groups (broad SMARTS) is 1. The number of hydrogen-bond donors (Lipinski definition) is 3. The normalized spacial score (nSPS) is 12.9. The van der Waals surface area contributed by atoms with Crippen molar-refractivity contribution in [3.63, 3.8) is 0 Å². The molecule has 1 aromatic carbocycles. The van der Waals surface area contributed by atoms with E-state index in [0.717, 1.165) is 0 Å². The SMILES string of the molecule is CC(C)NS(=O)(=O)c1cccc(C(=O)NC(C)CC(=O)O)c1. The van der Waals surface area contributed by atoms with Gasteiger partial charge in [0.05, 0.1) is 11.3 Å². The van der Waals surface area contributed by atoms with Crippen LogP contribution in [0.25, 0.3) is 0 Å². The van der Waals surface area contributed by atoms with Crippen molar-refractivity contribution in [3.8, 4) is 0 Å². The van der Waals surface area contributed by atoms with E-state index < -0.39 is 27.9 Å². The molecule has 3 N–H and O–H groups in total. The quantitative estimate of drug-likeness (QED) is 0.690. The molecule has 0 heterocycles. The van der Waals surface area contributed by atoms with E-state index in [0.29, 0.717) is 0 Å². The van der Waals surface area contributed by atoms with Gasteiger partial charge in [-0.2, -0.15) is 0 Å². The second-order valence-corrected chi connectivity index (χ2v) is 6.99. The molecule has 122 valence electrons. The highest BCUT2D eigenvalue weighted by Gasteiger charge is 2.18. The summed E-state index contributed by atoms with van der Waals surface area (Å²) >= 11 is 0. The van der Waals surface area contributed by atoms with E-state index >= 15 is 0 Å². The molecule has 7 nitrogen and oxygen atoms in total. The van der Waals surface area contributed by atoms with E-state index in [-0.39, 0.29) is 22.9 Å². The Balaban J connectivity index is 2.92. The zero-order valence-corrected chi connectivity index (χ0v) is 13.5. The minimum atomic E-state index is -3.69. The van der Waals surface area contributed by atoms with Gasteiger partial charge in [-0.15, -0.1) is 0 Å². The van der Waals surface area contributed by atoms with Crippen molar-refractivity contribution in [1.29, 1.82) is 0 Å². The van der Waals surface area contributed by atoms with E-state index in [9.17, 15) is 18.0 Å². The van der Waals surface area contributed by atoms with Gasteiger partial charge in [-0.3, -0.25) is 9.59 Å². The Kier molecular flexibility index (Phi) is 6.07. The summed E-state index contributed by atoms with van der Waals surface area (Å²) < 4.78 is 26.6. The van der Waals surface area contributed by atoms with Crippen LogP contribution in [-0.4, -0.2) is 37.5 Å². The number of hydrogen-bond acceptors (Lipinski definition) is 4. The Labute approximate surface area is 129 Å². The van der Waals surface area contributed by atoms with E-state index in [1.54, 1.807) is 20.8 Å². The first kappa shape index (κ1) is 18.1. The average Bonchev–Trinajstić information content (AvgIpc) is 2.36. The molecule has 0 radical (unpaired) electrons. The fourth-order valence-corrected chi connectivity index (χ4v) is 3.10. The lowest BCUT2D eigenvalue weighted by molar-refractivity contribution is -0.137. The molecule has 1 unspecified atom stereocenters. The number of benzene rings is 1. The van der Waals surface area contributed by atoms with Gasteiger partial charge in [0.25, 0.3) is 5.91 Å². The third kappa shape index (κ3) is 5.45. The minimum absolute atomic E-state index is 0.0141. The van der Waals surface area contributed by atoms with Crippen LogP contribution in [0.2, 0.25) is 0 Å². The molecule has 0 fully saturated rings. The van der Waals surface area contributed by atoms with Gasteiger partial charge in [-0.1, -0.05) is 6.07 Å². The fraction of sp³-hybridized carbons (Fsp3) is 0.429. The standard InChI is InChI=1S/C14H20N2O5S/c1-9(2)16-22(20,21)12-6-4-5-11(8-12)14(19)15-10(3)7-13(17)18/h4-6,8-10,16H,7H2,1-3H3,(H,15,19)(H,17,18). The number of nitrogens with one attached hydrogen (secondary N) is 2. The molecular weight excluding hydrogens is 308 g/mol. The summed E-state index contributed by atoms with van der Waals surface area (Å²) in [7, 11) is -3.69. The summed E-state index contributed by atoms with van der Waals surface area (Å²) in [6, 6.07) is 4.76. The van der Waals surface area contributed by atoms with Gasteiger partial charge < -0.3 is 10.4 Å². The number of aliphatic carboxylic acids is 1. The lowest BCUT2D eigenvalue weighted by atomic mass is 10.2. The van der Waals surface area contributed by atoms with E-state index in [2.05, 4.69) is 10.0 Å². The second-order valence-electron chi connectivity index (χ2n) is 5.28. The Morgan fingerprint density at radius 3 is 2.41 bits per heavy atom. The molecule has 0 saturated heterocycles. The molecule has 0 aromatic heterocycles. The van der Waals surface area contributed by atoms with Crippen LogP contribution in [0.3, 0.4) is 0 Å². The Bertz CT molecular complexity index is 655. The zero-order chi connectivity index (χ0) is 16.9. The largest absolute Gasteiger partial charge is 0.481 e. The summed E-state index contributed by atoms with van der Waals surface area (Å²) in [6.45, 7) is 4.95. The Morgan fingerprint density at radius 2 is 1.86 bits per heavy atom. The van der Waals surface area contributed by atoms with Gasteiger partial charge in [-0.25, -0.2) is 13.1 Å². The van der Waals surface area contributed by atoms with E-state index in [4.69, 9.17) is 5.11 Å². The number of amides is 1. The first-order valence-corrected chi connectivity index (χ1v) is 8.25. The Morgan fingerprint density at radius 1 is 1.23 bits per heavy atom. The molecule has 0 spiro atoms. The van der Waals surface area contributed by atoms with E-state index in [1.165, 1.54) is 24.3 Å². The fourth-order valence-electron chi connectivity index (χ4n) is 1.80. The maximum atomic E-state index is 12.1. The van der Waals surface area contributed by atoms with Crippen molar-refractivity contribution in [2.45, 2.75) is 44.2 Å². The zero-order valence-electron chi connectivity index (χ0n) is 12.7. The summed E-state index contributed by atoms with van der Waals surface area (Å²) in [4.78, 5) is 22.6. The molecule has 1 amide bonds. The summed E-state index contributed by atoms with van der Waals surface area (Å²) in [6.07, 6.45) is -0.210. The lowest BCUT2D eigenvalue weighted by Crippen LogP contribution is -2.34. The molecule has 0 saturated carbocycles. The molecule has 0 aliphatic heterocycles. The Hall–Kier alpha value is -1.93. The van der Waals surface area contributed by atoms with Crippen molar-refractivity contribution >= 4 is 21.9 Å². The molecule has 0 aliphatic carbocycles. The summed E-state index contributed by atoms with van der Waals surface area (Å²) in [5.41, 5.74) is 0.156. The highest BCUT2D eigenvalue weighted by molar-refractivity contribution is 7.89. The third-order valence-electron chi connectivity index (χ3n) is 2.66. The molecule has 0 bridgehead atoms. The first-order valence-electron chi connectivity index (χ1n) is 6.77. The lowest BCUT2D eigenvalue weighted by Gasteiger charge is -2.13. The minimum Gasteiger partial charge on any atom is -0.481 e. The molecule has 8 heteroatoms. The van der Waals surface area contributed by atoms with Crippen molar-refractivity contribution in [3.05, 3.63) is 29.8 Å². The van der Waals surface area contributed by atoms with Crippen molar-refractivity contribution in [2.75, 3.05) is 0 Å². The maximum Gasteiger partial charge on any atom is 0.305 e. The van der Waals surface area contributed by atoms with Gasteiger partial charge >= 0.3 is 5.97 Å². The molecule has 1 aromatic rings. The van der Waals surface area contributed by atoms with Crippen LogP contribution < -0.4 is 10.0 Å². The smallest absolute Gasteiger partial charge is 0.305 e. The van der Waals surface area contributed by atoms with Gasteiger partial charge in [0.1, 0.15) is 0 Å². The number of rotatable bonds is 7. The predicted octanol–water partition coefficient (Wildman–Crippen LogP) is 0.966. The van der Waals surface area contributed by atoms with Gasteiger partial charge in [0.2, 0.25) is 10.0 Å². The van der Waals surface area contributed by atoms with Crippen LogP contribution in [0, 0.1) is 0 Å². The van der Waals surface area contributed by atoms with Crippen molar-refractivity contribution < 1.29 is 23.1 Å². The molecule has 0 aliphatic rings. The topological polar surface area (TPSA) is 113 Å². The highest BCUT2D eigenvalue weighted by atomic mass is 32.2. The van der Waals surface area contributed by atoms with Gasteiger partial charge in [0.15, 0.2) is 0 Å². The van der Waals surface area contributed by atoms with Crippen LogP contribution in [-0.2, 0) is 14.8 Å². The summed E-state index contributed by atoms with van der Waals surface area (Å²) in [5, 5.41) is 11.2. The van der Waals surface area contributed by atoms with Crippen LogP contribution in [0.4, 0.5) is 0 Å². The first-order chi connectivity index (χ1) is 10.1. The summed E-state index contributed by atoms with van der Waals surface area (Å²) in [5.74, 6) is -1.54. The molecular formula is C14H20N2O5S. The molecule has 1 atom stereocenters. The number of carbonyl (C=O) groups is 2. The van der Waals surface area contributed by atoms with Gasteiger partial charge in [-0.05, 0) is 39.0 Å². The van der Waals surface area contributed by atoms with Crippen molar-refractivity contribution in [2.24, 2.45) is 0 Å². The maximum absolute atomic E-state index is 12.1. The number of sulfonamides is 1. The average molecular weight is 328 g/mol. The molecule has 22 heavy (non-hydrogen) atoms. The van der Waals surface area contributed by atoms with Crippen LogP contribution >= 0.6 is 0 Å². The van der Waals surface area contributed by atoms with Crippen LogP contribution in [0.5, 0.6) is 0 Å². The second kappa shape index (κ2) is 7.37. The van der Waals surface area contributed by atoms with Crippen LogP contribution in [0.1, 0.15) is 37.6 Å². The molecule has 1 rings (SSSR count). The highest BCUT2D eigenvalue weighted by Crippen LogP contribution is 2.12. The monoisotopic (exact) mass is 328 g/mol. The van der Waals surface area contributed by atoms with Crippen molar-refractivity contribution in [1.82, 2.24) is 10.0 Å². The third-order valence-corrected chi connectivity index (χ3v) is 4.31. The number of carbonyl (C=O) groups excluding carboxylic acids is 1. The number of carboxylic acids is 1. The van der Waals surface area contributed by atoms with E-state index in [1.807, 2.05) is 0 Å². The van der Waals surface area contributed by atoms with Crippen LogP contribution in [0.15, 0.2) is 29.2 Å².